The fraction of sp³-hybridized carbons (Fsp3) is 0.222. The number of aromatic nitrogens is 4. The van der Waals surface area contributed by atoms with Crippen LogP contribution in [0.2, 0.25) is 0 Å². The van der Waals surface area contributed by atoms with Gasteiger partial charge in [0.1, 0.15) is 0 Å². The summed E-state index contributed by atoms with van der Waals surface area (Å²) >= 11 is 0. The highest BCUT2D eigenvalue weighted by Gasteiger charge is 2.12. The first-order valence-corrected chi connectivity index (χ1v) is 4.80. The van der Waals surface area contributed by atoms with Gasteiger partial charge in [0, 0.05) is 31.3 Å². The van der Waals surface area contributed by atoms with Crippen LogP contribution in [0.15, 0.2) is 29.9 Å². The lowest BCUT2D eigenvalue weighted by Crippen LogP contribution is -2.20. The molecule has 0 aliphatic carbocycles. The van der Waals surface area contributed by atoms with Crippen molar-refractivity contribution in [1.82, 2.24) is 19.1 Å². The summed E-state index contributed by atoms with van der Waals surface area (Å²) in [6.45, 7) is 2.79. The summed E-state index contributed by atoms with van der Waals surface area (Å²) in [4.78, 5) is 8.21. The van der Waals surface area contributed by atoms with E-state index in [2.05, 4.69) is 15.1 Å². The molecule has 0 bridgehead atoms. The molecule has 0 aromatic carbocycles. The third kappa shape index (κ3) is 1.52. The molecule has 0 spiro atoms. The normalized spacial score (nSPS) is 11.9. The molecule has 7 nitrogen and oxygen atoms in total. The van der Waals surface area contributed by atoms with Gasteiger partial charge in [-0.3, -0.25) is 4.57 Å². The molecule has 84 valence electrons. The second kappa shape index (κ2) is 4.05. The lowest BCUT2D eigenvalue weighted by Gasteiger charge is -2.07. The van der Waals surface area contributed by atoms with Crippen molar-refractivity contribution in [1.29, 1.82) is 0 Å². The Kier molecular flexibility index (Phi) is 2.59. The summed E-state index contributed by atoms with van der Waals surface area (Å²) < 4.78 is 3.59. The van der Waals surface area contributed by atoms with Gasteiger partial charge in [-0.25, -0.2) is 9.97 Å². The van der Waals surface area contributed by atoms with Crippen molar-refractivity contribution < 1.29 is 5.21 Å². The molecule has 0 fully saturated rings. The highest BCUT2D eigenvalue weighted by Crippen LogP contribution is 2.08. The molecule has 0 unspecified atom stereocenters. The lowest BCUT2D eigenvalue weighted by molar-refractivity contribution is 0.318. The molecule has 0 saturated heterocycles. The molecule has 2 aromatic heterocycles. The van der Waals surface area contributed by atoms with Crippen LogP contribution in [0.25, 0.3) is 5.95 Å². The smallest absolute Gasteiger partial charge is 0.215 e. The van der Waals surface area contributed by atoms with Crippen LogP contribution in [-0.2, 0) is 6.54 Å². The van der Waals surface area contributed by atoms with Gasteiger partial charge in [-0.15, -0.1) is 0 Å². The predicted octanol–water partition coefficient (Wildman–Crippen LogP) is 0.183. The Labute approximate surface area is 91.8 Å². The van der Waals surface area contributed by atoms with E-state index in [4.69, 9.17) is 10.9 Å². The molecular weight excluding hydrogens is 208 g/mol. The maximum absolute atomic E-state index is 8.64. The molecule has 0 saturated carbocycles. The van der Waals surface area contributed by atoms with E-state index in [-0.39, 0.29) is 5.84 Å². The molecule has 2 aromatic rings. The molecule has 2 heterocycles. The van der Waals surface area contributed by atoms with Crippen LogP contribution >= 0.6 is 0 Å². The number of nitrogens with zero attached hydrogens (tertiary/aromatic N) is 5. The Balaban J connectivity index is 2.53. The molecule has 0 aliphatic heterocycles. The third-order valence-corrected chi connectivity index (χ3v) is 2.23. The fourth-order valence-electron chi connectivity index (χ4n) is 1.47. The van der Waals surface area contributed by atoms with Crippen molar-refractivity contribution in [3.05, 3.63) is 30.6 Å². The Morgan fingerprint density at radius 1 is 1.44 bits per heavy atom. The van der Waals surface area contributed by atoms with E-state index in [1.165, 1.54) is 0 Å². The molecular formula is C9H12N6O. The van der Waals surface area contributed by atoms with E-state index >= 15 is 0 Å². The van der Waals surface area contributed by atoms with Gasteiger partial charge in [0.05, 0.1) is 0 Å². The molecule has 3 N–H and O–H groups in total. The van der Waals surface area contributed by atoms with Crippen LogP contribution in [-0.4, -0.2) is 30.1 Å². The van der Waals surface area contributed by atoms with Crippen LogP contribution in [0.4, 0.5) is 0 Å². The van der Waals surface area contributed by atoms with Crippen molar-refractivity contribution in [2.75, 3.05) is 0 Å². The minimum atomic E-state index is -0.0457. The van der Waals surface area contributed by atoms with E-state index in [9.17, 15) is 0 Å². The second-order valence-electron chi connectivity index (χ2n) is 3.12. The lowest BCUT2D eigenvalue weighted by atomic mass is 10.5. The Bertz CT molecular complexity index is 512. The van der Waals surface area contributed by atoms with Crippen molar-refractivity contribution in [3.63, 3.8) is 0 Å². The third-order valence-electron chi connectivity index (χ3n) is 2.23. The molecule has 0 atom stereocenters. The Morgan fingerprint density at radius 3 is 2.88 bits per heavy atom. The largest absolute Gasteiger partial charge is 0.409 e. The van der Waals surface area contributed by atoms with Gasteiger partial charge in [0.2, 0.25) is 11.8 Å². The first-order valence-electron chi connectivity index (χ1n) is 4.80. The summed E-state index contributed by atoms with van der Waals surface area (Å²) in [5, 5.41) is 11.6. The average molecular weight is 220 g/mol. The number of hydrogen-bond acceptors (Lipinski definition) is 4. The fourth-order valence-corrected chi connectivity index (χ4v) is 1.47. The van der Waals surface area contributed by atoms with E-state index in [0.717, 1.165) is 6.54 Å². The highest BCUT2D eigenvalue weighted by molar-refractivity contribution is 5.94. The van der Waals surface area contributed by atoms with Gasteiger partial charge in [0.15, 0.2) is 5.82 Å². The number of nitrogens with two attached hydrogens (primary N) is 1. The number of hydrogen-bond donors (Lipinski definition) is 2. The SMILES string of the molecule is CCn1ccnc1-n1ccnc1C(N)=NO. The number of rotatable bonds is 3. The number of imidazole rings is 2. The van der Waals surface area contributed by atoms with Crippen LogP contribution in [0, 0.1) is 0 Å². The standard InChI is InChI=1S/C9H12N6O/c1-2-14-5-3-12-9(14)15-6-4-11-8(15)7(10)13-16/h3-6,16H,2H2,1H3,(H2,10,13). The van der Waals surface area contributed by atoms with Gasteiger partial charge in [-0.2, -0.15) is 0 Å². The van der Waals surface area contributed by atoms with Crippen molar-refractivity contribution in [3.8, 4) is 5.95 Å². The molecule has 2 rings (SSSR count). The summed E-state index contributed by atoms with van der Waals surface area (Å²) in [5.74, 6) is 1.00. The van der Waals surface area contributed by atoms with Crippen molar-refractivity contribution >= 4 is 5.84 Å². The van der Waals surface area contributed by atoms with E-state index in [1.54, 1.807) is 23.2 Å². The zero-order chi connectivity index (χ0) is 11.5. The topological polar surface area (TPSA) is 94.2 Å². The summed E-state index contributed by atoms with van der Waals surface area (Å²) in [6, 6.07) is 0. The summed E-state index contributed by atoms with van der Waals surface area (Å²) in [5.41, 5.74) is 5.52. The van der Waals surface area contributed by atoms with Crippen LogP contribution < -0.4 is 5.73 Å². The second-order valence-corrected chi connectivity index (χ2v) is 3.12. The van der Waals surface area contributed by atoms with Crippen molar-refractivity contribution in [2.24, 2.45) is 10.9 Å². The maximum atomic E-state index is 8.64. The van der Waals surface area contributed by atoms with Crippen LogP contribution in [0.5, 0.6) is 0 Å². The van der Waals surface area contributed by atoms with Gasteiger partial charge >= 0.3 is 0 Å². The maximum Gasteiger partial charge on any atom is 0.215 e. The molecule has 0 aliphatic rings. The first kappa shape index (κ1) is 10.2. The van der Waals surface area contributed by atoms with E-state index < -0.39 is 0 Å². The van der Waals surface area contributed by atoms with Gasteiger partial charge in [-0.1, -0.05) is 5.16 Å². The molecule has 16 heavy (non-hydrogen) atoms. The van der Waals surface area contributed by atoms with Crippen molar-refractivity contribution in [2.45, 2.75) is 13.5 Å². The van der Waals surface area contributed by atoms with Gasteiger partial charge in [-0.05, 0) is 6.92 Å². The highest BCUT2D eigenvalue weighted by atomic mass is 16.4. The summed E-state index contributed by atoms with van der Waals surface area (Å²) in [7, 11) is 0. The monoisotopic (exact) mass is 220 g/mol. The average Bonchev–Trinajstić information content (AvgIpc) is 2.94. The molecule has 0 amide bonds. The quantitative estimate of drug-likeness (QED) is 0.334. The predicted molar refractivity (Wildman–Crippen MR) is 57.5 cm³/mol. The minimum absolute atomic E-state index is 0.0457. The van der Waals surface area contributed by atoms with E-state index in [0.29, 0.717) is 11.8 Å². The van der Waals surface area contributed by atoms with E-state index in [1.807, 2.05) is 17.7 Å². The Morgan fingerprint density at radius 2 is 2.19 bits per heavy atom. The van der Waals surface area contributed by atoms with Crippen LogP contribution in [0.3, 0.4) is 0 Å². The molecule has 7 heteroatoms. The van der Waals surface area contributed by atoms with Gasteiger partial charge < -0.3 is 15.5 Å². The first-order chi connectivity index (χ1) is 7.77. The number of amidine groups is 1. The molecule has 0 radical (unpaired) electrons. The number of aryl methyl sites for hydroxylation is 1. The zero-order valence-electron chi connectivity index (χ0n) is 8.78. The minimum Gasteiger partial charge on any atom is -0.409 e. The Hall–Kier alpha value is -2.31. The van der Waals surface area contributed by atoms with Gasteiger partial charge in [0.25, 0.3) is 0 Å². The summed E-state index contributed by atoms with van der Waals surface area (Å²) in [6.07, 6.45) is 6.82. The zero-order valence-corrected chi connectivity index (χ0v) is 8.78. The number of oxime groups is 1. The van der Waals surface area contributed by atoms with Crippen LogP contribution in [0.1, 0.15) is 12.7 Å².